The van der Waals surface area contributed by atoms with Crippen LogP contribution in [0.25, 0.3) is 21.1 Å². The molecular formula is C27H26N6O2S. The number of amides is 1. The summed E-state index contributed by atoms with van der Waals surface area (Å²) < 4.78 is 4.97. The number of fused-ring (bicyclic) bond motifs is 2. The molecule has 0 atom stereocenters. The van der Waals surface area contributed by atoms with Crippen molar-refractivity contribution in [3.05, 3.63) is 88.2 Å². The lowest BCUT2D eigenvalue weighted by atomic mass is 10.1. The predicted octanol–water partition coefficient (Wildman–Crippen LogP) is 4.89. The summed E-state index contributed by atoms with van der Waals surface area (Å²) in [6, 6.07) is 17.9. The van der Waals surface area contributed by atoms with Gasteiger partial charge in [0.15, 0.2) is 5.82 Å². The van der Waals surface area contributed by atoms with Gasteiger partial charge in [0.05, 0.1) is 18.2 Å². The number of nitrogens with zero attached hydrogens (tertiary/aromatic N) is 3. The molecule has 3 N–H and O–H groups in total. The number of aromatic nitrogens is 3. The van der Waals surface area contributed by atoms with Crippen molar-refractivity contribution in [3.63, 3.8) is 0 Å². The first kappa shape index (κ1) is 23.7. The molecule has 3 aromatic heterocycles. The molecule has 0 radical (unpaired) electrons. The lowest BCUT2D eigenvalue weighted by molar-refractivity contribution is 0.0937. The standard InChI is InChI=1S/C27H26N6O2S/c1-17-23(21-5-3-4-6-24(21)32-17)15-31-33-25-22-14-20(36-27(22)30-16-29-25)13-18-7-9-19(10-8-18)26(34)28-11-12-35-2/h3-10,14-16,32H,11-13H2,1-2H3,(H,28,34)(H,29,30,33)/b31-15+. The Bertz CT molecular complexity index is 1540. The number of rotatable bonds is 9. The van der Waals surface area contributed by atoms with Crippen molar-refractivity contribution >= 4 is 50.4 Å². The highest BCUT2D eigenvalue weighted by Gasteiger charge is 2.11. The minimum Gasteiger partial charge on any atom is -0.383 e. The molecule has 182 valence electrons. The molecule has 0 aliphatic rings. The van der Waals surface area contributed by atoms with Crippen molar-refractivity contribution in [2.24, 2.45) is 5.10 Å². The topological polar surface area (TPSA) is 104 Å². The van der Waals surface area contributed by atoms with Gasteiger partial charge in [0.2, 0.25) is 0 Å². The van der Waals surface area contributed by atoms with Crippen LogP contribution in [0.3, 0.4) is 0 Å². The van der Waals surface area contributed by atoms with Gasteiger partial charge in [-0.3, -0.25) is 10.2 Å². The number of hydrogen-bond acceptors (Lipinski definition) is 7. The first-order chi connectivity index (χ1) is 17.6. The zero-order valence-corrected chi connectivity index (χ0v) is 20.9. The molecule has 0 bridgehead atoms. The molecule has 0 aliphatic heterocycles. The number of carbonyl (C=O) groups is 1. The largest absolute Gasteiger partial charge is 0.383 e. The van der Waals surface area contributed by atoms with Crippen LogP contribution in [0.5, 0.6) is 0 Å². The molecule has 36 heavy (non-hydrogen) atoms. The van der Waals surface area contributed by atoms with E-state index in [2.05, 4.69) is 49.0 Å². The molecule has 0 aliphatic carbocycles. The zero-order valence-electron chi connectivity index (χ0n) is 20.0. The number of H-pyrrole nitrogens is 1. The van der Waals surface area contributed by atoms with E-state index in [0.717, 1.165) is 49.2 Å². The van der Waals surface area contributed by atoms with Gasteiger partial charge in [-0.15, -0.1) is 11.3 Å². The monoisotopic (exact) mass is 498 g/mol. The molecule has 0 spiro atoms. The Hall–Kier alpha value is -4.08. The summed E-state index contributed by atoms with van der Waals surface area (Å²) in [5, 5.41) is 9.36. The third-order valence-corrected chi connectivity index (χ3v) is 6.92. The molecule has 9 heteroatoms. The van der Waals surface area contributed by atoms with Crippen molar-refractivity contribution < 1.29 is 9.53 Å². The summed E-state index contributed by atoms with van der Waals surface area (Å²) in [7, 11) is 1.61. The molecule has 8 nitrogen and oxygen atoms in total. The third kappa shape index (κ3) is 5.12. The Morgan fingerprint density at radius 3 is 2.81 bits per heavy atom. The number of hydrogen-bond donors (Lipinski definition) is 3. The fraction of sp³-hybridized carbons (Fsp3) is 0.185. The van der Waals surface area contributed by atoms with Crippen LogP contribution in [0.1, 0.15) is 32.1 Å². The minimum absolute atomic E-state index is 0.102. The highest BCUT2D eigenvalue weighted by molar-refractivity contribution is 7.18. The minimum atomic E-state index is -0.102. The normalized spacial score (nSPS) is 11.5. The molecular weight excluding hydrogens is 472 g/mol. The van der Waals surface area contributed by atoms with E-state index in [1.165, 1.54) is 0 Å². The molecule has 0 unspecified atom stereocenters. The Kier molecular flexibility index (Phi) is 7.01. The summed E-state index contributed by atoms with van der Waals surface area (Å²) >= 11 is 1.62. The van der Waals surface area contributed by atoms with Crippen molar-refractivity contribution in [1.29, 1.82) is 0 Å². The van der Waals surface area contributed by atoms with Gasteiger partial charge in [0, 0.05) is 52.7 Å². The number of anilines is 1. The van der Waals surface area contributed by atoms with E-state index < -0.39 is 0 Å². The van der Waals surface area contributed by atoms with Crippen LogP contribution in [0.15, 0.2) is 66.0 Å². The Balaban J connectivity index is 1.29. The highest BCUT2D eigenvalue weighted by Crippen LogP contribution is 2.30. The number of hydrazone groups is 1. The first-order valence-electron chi connectivity index (χ1n) is 11.6. The third-order valence-electron chi connectivity index (χ3n) is 5.87. The van der Waals surface area contributed by atoms with Crippen molar-refractivity contribution in [3.8, 4) is 0 Å². The maximum absolute atomic E-state index is 12.2. The maximum atomic E-state index is 12.2. The molecule has 3 heterocycles. The van der Waals surface area contributed by atoms with Crippen molar-refractivity contribution in [2.45, 2.75) is 13.3 Å². The van der Waals surface area contributed by atoms with E-state index in [9.17, 15) is 4.79 Å². The van der Waals surface area contributed by atoms with Gasteiger partial charge in [-0.2, -0.15) is 5.10 Å². The summed E-state index contributed by atoms with van der Waals surface area (Å²) in [5.74, 6) is 0.564. The number of nitrogens with one attached hydrogen (secondary N) is 3. The fourth-order valence-electron chi connectivity index (χ4n) is 4.05. The second-order valence-electron chi connectivity index (χ2n) is 8.36. The van der Waals surface area contributed by atoms with Crippen molar-refractivity contribution in [2.75, 3.05) is 25.7 Å². The fourth-order valence-corrected chi connectivity index (χ4v) is 5.08. The molecule has 0 saturated heterocycles. The Morgan fingerprint density at radius 2 is 1.97 bits per heavy atom. The Morgan fingerprint density at radius 1 is 1.14 bits per heavy atom. The summed E-state index contributed by atoms with van der Waals surface area (Å²) in [6.07, 6.45) is 4.11. The van der Waals surface area contributed by atoms with Gasteiger partial charge in [0.25, 0.3) is 5.91 Å². The number of thiophene rings is 1. The smallest absolute Gasteiger partial charge is 0.251 e. The van der Waals surface area contributed by atoms with Gasteiger partial charge >= 0.3 is 0 Å². The van der Waals surface area contributed by atoms with Gasteiger partial charge in [-0.1, -0.05) is 30.3 Å². The molecule has 2 aromatic carbocycles. The Labute approximate surface area is 212 Å². The zero-order chi connectivity index (χ0) is 24.9. The van der Waals surface area contributed by atoms with Crippen LogP contribution >= 0.6 is 11.3 Å². The molecule has 0 saturated carbocycles. The number of para-hydroxylation sites is 1. The van der Waals surface area contributed by atoms with Gasteiger partial charge in [0.1, 0.15) is 11.2 Å². The van der Waals surface area contributed by atoms with Crippen LogP contribution < -0.4 is 10.7 Å². The number of aromatic amines is 1. The van der Waals surface area contributed by atoms with Gasteiger partial charge in [-0.05, 0) is 36.8 Å². The number of aryl methyl sites for hydroxylation is 1. The molecule has 5 aromatic rings. The summed E-state index contributed by atoms with van der Waals surface area (Å²) in [4.78, 5) is 26.5. The summed E-state index contributed by atoms with van der Waals surface area (Å²) in [5.41, 5.74) is 8.03. The van der Waals surface area contributed by atoms with Crippen LogP contribution in [0.4, 0.5) is 5.82 Å². The van der Waals surface area contributed by atoms with Gasteiger partial charge < -0.3 is 15.0 Å². The molecule has 5 rings (SSSR count). The first-order valence-corrected chi connectivity index (χ1v) is 12.4. The second kappa shape index (κ2) is 10.7. The van der Waals surface area contributed by atoms with E-state index >= 15 is 0 Å². The van der Waals surface area contributed by atoms with E-state index in [1.807, 2.05) is 49.5 Å². The predicted molar refractivity (Wildman–Crippen MR) is 145 cm³/mol. The number of benzene rings is 2. The van der Waals surface area contributed by atoms with E-state index in [1.54, 1.807) is 24.8 Å². The number of methoxy groups -OCH3 is 1. The average Bonchev–Trinajstić information content (AvgIpc) is 3.45. The van der Waals surface area contributed by atoms with E-state index in [-0.39, 0.29) is 5.91 Å². The second-order valence-corrected chi connectivity index (χ2v) is 9.47. The SMILES string of the molecule is COCCNC(=O)c1ccc(Cc2cc3c(N/N=C/c4c(C)[nH]c5ccccc45)ncnc3s2)cc1. The quantitative estimate of drug-likeness (QED) is 0.152. The molecule has 0 fully saturated rings. The lowest BCUT2D eigenvalue weighted by Crippen LogP contribution is -2.26. The number of ether oxygens (including phenoxy) is 1. The van der Waals surface area contributed by atoms with Crippen LogP contribution in [-0.4, -0.2) is 47.3 Å². The molecule has 1 amide bonds. The summed E-state index contributed by atoms with van der Waals surface area (Å²) in [6.45, 7) is 3.01. The highest BCUT2D eigenvalue weighted by atomic mass is 32.1. The van der Waals surface area contributed by atoms with Crippen LogP contribution in [-0.2, 0) is 11.2 Å². The van der Waals surface area contributed by atoms with Gasteiger partial charge in [-0.25, -0.2) is 9.97 Å². The average molecular weight is 499 g/mol. The lowest BCUT2D eigenvalue weighted by Gasteiger charge is -2.05. The van der Waals surface area contributed by atoms with Crippen LogP contribution in [0, 0.1) is 6.92 Å². The number of carbonyl (C=O) groups excluding carboxylic acids is 1. The van der Waals surface area contributed by atoms with E-state index in [0.29, 0.717) is 24.5 Å². The van der Waals surface area contributed by atoms with E-state index in [4.69, 9.17) is 4.74 Å². The van der Waals surface area contributed by atoms with Crippen LogP contribution in [0.2, 0.25) is 0 Å². The van der Waals surface area contributed by atoms with Crippen molar-refractivity contribution in [1.82, 2.24) is 20.3 Å². The maximum Gasteiger partial charge on any atom is 0.251 e.